The molecule has 4 nitrogen and oxygen atoms in total. The average molecular weight is 269 g/mol. The predicted molar refractivity (Wildman–Crippen MR) is 76.0 cm³/mol. The smallest absolute Gasteiger partial charge is 0.271 e. The van der Waals surface area contributed by atoms with Gasteiger partial charge in [0, 0.05) is 23.9 Å². The van der Waals surface area contributed by atoms with Crippen LogP contribution in [0.3, 0.4) is 0 Å². The van der Waals surface area contributed by atoms with Crippen molar-refractivity contribution >= 4 is 17.2 Å². The van der Waals surface area contributed by atoms with Gasteiger partial charge in [0.05, 0.1) is 5.01 Å². The molecule has 0 aromatic carbocycles. The average Bonchev–Trinajstić information content (AvgIpc) is 2.83. The van der Waals surface area contributed by atoms with E-state index in [4.69, 9.17) is 5.73 Å². The van der Waals surface area contributed by atoms with E-state index in [0.29, 0.717) is 18.2 Å². The Bertz CT molecular complexity index is 376. The van der Waals surface area contributed by atoms with E-state index in [1.54, 1.807) is 0 Å². The van der Waals surface area contributed by atoms with Gasteiger partial charge in [0.2, 0.25) is 0 Å². The Labute approximate surface area is 113 Å². The molecule has 0 aliphatic carbocycles. The van der Waals surface area contributed by atoms with E-state index in [1.807, 2.05) is 5.38 Å². The Morgan fingerprint density at radius 1 is 1.56 bits per heavy atom. The standard InChI is InChI=1S/C13H23N3OS/c1-4-5-6-10(7-14)15-12(17)11-8-18-13(16-11)9(2)3/h8-10H,4-7,14H2,1-3H3,(H,15,17). The minimum Gasteiger partial charge on any atom is -0.347 e. The number of amides is 1. The quantitative estimate of drug-likeness (QED) is 0.799. The highest BCUT2D eigenvalue weighted by molar-refractivity contribution is 7.09. The van der Waals surface area contributed by atoms with Gasteiger partial charge in [-0.15, -0.1) is 11.3 Å². The monoisotopic (exact) mass is 269 g/mol. The van der Waals surface area contributed by atoms with Crippen LogP contribution in [0.15, 0.2) is 5.38 Å². The molecule has 1 atom stereocenters. The number of aromatic nitrogens is 1. The first-order valence-electron chi connectivity index (χ1n) is 6.54. The van der Waals surface area contributed by atoms with Crippen molar-refractivity contribution in [1.82, 2.24) is 10.3 Å². The molecule has 102 valence electrons. The molecule has 0 radical (unpaired) electrons. The summed E-state index contributed by atoms with van der Waals surface area (Å²) in [7, 11) is 0. The molecule has 0 saturated heterocycles. The second kappa shape index (κ2) is 7.48. The van der Waals surface area contributed by atoms with Crippen molar-refractivity contribution in [2.24, 2.45) is 5.73 Å². The fourth-order valence-electron chi connectivity index (χ4n) is 1.62. The minimum absolute atomic E-state index is 0.0571. The normalized spacial score (nSPS) is 12.7. The molecule has 0 fully saturated rings. The second-order valence-corrected chi connectivity index (χ2v) is 5.66. The number of carbonyl (C=O) groups is 1. The number of nitrogens with one attached hydrogen (secondary N) is 1. The topological polar surface area (TPSA) is 68.0 Å². The van der Waals surface area contributed by atoms with Gasteiger partial charge in [0.1, 0.15) is 5.69 Å². The molecule has 1 aromatic rings. The van der Waals surface area contributed by atoms with Gasteiger partial charge >= 0.3 is 0 Å². The van der Waals surface area contributed by atoms with E-state index >= 15 is 0 Å². The maximum absolute atomic E-state index is 12.0. The van der Waals surface area contributed by atoms with Crippen LogP contribution in [0.1, 0.15) is 61.4 Å². The van der Waals surface area contributed by atoms with Crippen LogP contribution in [0.5, 0.6) is 0 Å². The number of rotatable bonds is 7. The SMILES string of the molecule is CCCCC(CN)NC(=O)c1csc(C(C)C)n1. The fraction of sp³-hybridized carbons (Fsp3) is 0.692. The van der Waals surface area contributed by atoms with E-state index < -0.39 is 0 Å². The molecule has 0 bridgehead atoms. The predicted octanol–water partition coefficient (Wildman–Crippen LogP) is 2.51. The number of nitrogens with two attached hydrogens (primary N) is 1. The molecule has 1 unspecified atom stereocenters. The van der Waals surface area contributed by atoms with Crippen molar-refractivity contribution in [3.8, 4) is 0 Å². The summed E-state index contributed by atoms with van der Waals surface area (Å²) in [6, 6.07) is 0.0571. The first-order valence-corrected chi connectivity index (χ1v) is 7.42. The van der Waals surface area contributed by atoms with Gasteiger partial charge in [-0.05, 0) is 6.42 Å². The number of unbranched alkanes of at least 4 members (excludes halogenated alkanes) is 1. The Morgan fingerprint density at radius 3 is 2.78 bits per heavy atom. The maximum atomic E-state index is 12.0. The van der Waals surface area contributed by atoms with Crippen LogP contribution in [0.4, 0.5) is 0 Å². The minimum atomic E-state index is -0.107. The third-order valence-electron chi connectivity index (χ3n) is 2.77. The zero-order valence-corrected chi connectivity index (χ0v) is 12.2. The molecule has 0 spiro atoms. The van der Waals surface area contributed by atoms with Crippen LogP contribution in [-0.2, 0) is 0 Å². The Balaban J connectivity index is 2.57. The zero-order valence-electron chi connectivity index (χ0n) is 11.4. The molecule has 1 heterocycles. The van der Waals surface area contributed by atoms with Crippen molar-refractivity contribution in [2.45, 2.75) is 52.0 Å². The van der Waals surface area contributed by atoms with Gasteiger partial charge in [0.25, 0.3) is 5.91 Å². The molecule has 1 amide bonds. The summed E-state index contributed by atoms with van der Waals surface area (Å²) in [5, 5.41) is 5.77. The lowest BCUT2D eigenvalue weighted by Gasteiger charge is -2.15. The third-order valence-corrected chi connectivity index (χ3v) is 3.92. The van der Waals surface area contributed by atoms with Crippen LogP contribution in [0.2, 0.25) is 0 Å². The van der Waals surface area contributed by atoms with Gasteiger partial charge in [-0.25, -0.2) is 4.98 Å². The molecular formula is C13H23N3OS. The van der Waals surface area contributed by atoms with Crippen molar-refractivity contribution in [1.29, 1.82) is 0 Å². The summed E-state index contributed by atoms with van der Waals surface area (Å²) in [5.74, 6) is 0.256. The Kier molecular flexibility index (Phi) is 6.29. The number of carbonyl (C=O) groups excluding carboxylic acids is 1. The molecule has 0 aliphatic rings. The van der Waals surface area contributed by atoms with E-state index in [2.05, 4.69) is 31.1 Å². The van der Waals surface area contributed by atoms with Gasteiger partial charge in [-0.3, -0.25) is 4.79 Å². The van der Waals surface area contributed by atoms with E-state index in [9.17, 15) is 4.79 Å². The number of hydrogen-bond acceptors (Lipinski definition) is 4. The lowest BCUT2D eigenvalue weighted by molar-refractivity contribution is 0.0931. The summed E-state index contributed by atoms with van der Waals surface area (Å²) in [6.45, 7) is 6.76. The van der Waals surface area contributed by atoms with E-state index in [-0.39, 0.29) is 11.9 Å². The summed E-state index contributed by atoms with van der Waals surface area (Å²) in [4.78, 5) is 16.3. The van der Waals surface area contributed by atoms with Crippen molar-refractivity contribution < 1.29 is 4.79 Å². The van der Waals surface area contributed by atoms with Crippen molar-refractivity contribution in [3.05, 3.63) is 16.1 Å². The zero-order chi connectivity index (χ0) is 13.5. The highest BCUT2D eigenvalue weighted by Crippen LogP contribution is 2.19. The van der Waals surface area contributed by atoms with Gasteiger partial charge in [-0.1, -0.05) is 33.6 Å². The van der Waals surface area contributed by atoms with E-state index in [1.165, 1.54) is 11.3 Å². The van der Waals surface area contributed by atoms with Crippen molar-refractivity contribution in [2.75, 3.05) is 6.54 Å². The fourth-order valence-corrected chi connectivity index (χ4v) is 2.43. The van der Waals surface area contributed by atoms with Crippen LogP contribution in [0.25, 0.3) is 0 Å². The van der Waals surface area contributed by atoms with Crippen LogP contribution in [-0.4, -0.2) is 23.5 Å². The highest BCUT2D eigenvalue weighted by Gasteiger charge is 2.15. The Hall–Kier alpha value is -0.940. The molecule has 1 aromatic heterocycles. The third kappa shape index (κ3) is 4.38. The molecule has 5 heteroatoms. The first kappa shape index (κ1) is 15.1. The molecular weight excluding hydrogens is 246 g/mol. The van der Waals surface area contributed by atoms with Gasteiger partial charge in [0.15, 0.2) is 0 Å². The van der Waals surface area contributed by atoms with E-state index in [0.717, 1.165) is 24.3 Å². The molecule has 1 rings (SSSR count). The lowest BCUT2D eigenvalue weighted by atomic mass is 10.1. The van der Waals surface area contributed by atoms with Gasteiger partial charge < -0.3 is 11.1 Å². The van der Waals surface area contributed by atoms with Gasteiger partial charge in [-0.2, -0.15) is 0 Å². The summed E-state index contributed by atoms with van der Waals surface area (Å²) in [6.07, 6.45) is 3.12. The molecule has 18 heavy (non-hydrogen) atoms. The molecule has 3 N–H and O–H groups in total. The molecule has 0 aliphatic heterocycles. The number of nitrogens with zero attached hydrogens (tertiary/aromatic N) is 1. The highest BCUT2D eigenvalue weighted by atomic mass is 32.1. The Morgan fingerprint density at radius 2 is 2.28 bits per heavy atom. The largest absolute Gasteiger partial charge is 0.347 e. The first-order chi connectivity index (χ1) is 8.58. The summed E-state index contributed by atoms with van der Waals surface area (Å²) >= 11 is 1.54. The van der Waals surface area contributed by atoms with Crippen molar-refractivity contribution in [3.63, 3.8) is 0 Å². The molecule has 0 saturated carbocycles. The lowest BCUT2D eigenvalue weighted by Crippen LogP contribution is -2.40. The summed E-state index contributed by atoms with van der Waals surface area (Å²) in [5.41, 5.74) is 6.17. The second-order valence-electron chi connectivity index (χ2n) is 4.77. The van der Waals surface area contributed by atoms with Crippen LogP contribution in [0, 0.1) is 0 Å². The summed E-state index contributed by atoms with van der Waals surface area (Å²) < 4.78 is 0. The maximum Gasteiger partial charge on any atom is 0.271 e. The number of thiazole rings is 1. The number of hydrogen-bond donors (Lipinski definition) is 2. The van der Waals surface area contributed by atoms with Crippen LogP contribution < -0.4 is 11.1 Å². The van der Waals surface area contributed by atoms with Crippen LogP contribution >= 0.6 is 11.3 Å².